The molecule has 17 heavy (non-hydrogen) atoms. The van der Waals surface area contributed by atoms with Crippen LogP contribution in [0.2, 0.25) is 0 Å². The molecule has 0 saturated carbocycles. The van der Waals surface area contributed by atoms with Gasteiger partial charge in [0, 0.05) is 0 Å². The van der Waals surface area contributed by atoms with Crippen LogP contribution in [0.15, 0.2) is 6.20 Å². The molecule has 0 aliphatic carbocycles. The van der Waals surface area contributed by atoms with Gasteiger partial charge in [-0.15, -0.1) is 13.2 Å². The maximum Gasteiger partial charge on any atom is 0.573 e. The summed E-state index contributed by atoms with van der Waals surface area (Å²) in [5, 5.41) is 17.8. The number of hydrogen-bond acceptors (Lipinski definition) is 4. The molecule has 1 aromatic heterocycles. The van der Waals surface area contributed by atoms with Crippen LogP contribution in [0.25, 0.3) is 0 Å². The lowest BCUT2D eigenvalue weighted by atomic mass is 10.2. The summed E-state index contributed by atoms with van der Waals surface area (Å²) in [4.78, 5) is 3.17. The van der Waals surface area contributed by atoms with Crippen LogP contribution >= 0.6 is 0 Å². The van der Waals surface area contributed by atoms with E-state index < -0.39 is 42.2 Å². The topological polar surface area (TPSA) is 62.6 Å². The first-order valence-corrected chi connectivity index (χ1v) is 4.11. The first-order valence-electron chi connectivity index (χ1n) is 4.11. The number of alkyl halides is 5. The largest absolute Gasteiger partial charge is 0.573 e. The van der Waals surface area contributed by atoms with Gasteiger partial charge in [0.25, 0.3) is 6.43 Å². The Morgan fingerprint density at radius 2 is 1.94 bits per heavy atom. The summed E-state index contributed by atoms with van der Waals surface area (Å²) in [7, 11) is 0. The number of ether oxygens (including phenoxy) is 1. The van der Waals surface area contributed by atoms with E-state index in [-0.39, 0.29) is 0 Å². The summed E-state index contributed by atoms with van der Waals surface area (Å²) < 4.78 is 63.8. The molecule has 0 amide bonds. The van der Waals surface area contributed by atoms with Gasteiger partial charge in [-0.2, -0.15) is 0 Å². The normalized spacial score (nSPS) is 11.9. The van der Waals surface area contributed by atoms with Crippen molar-refractivity contribution in [2.24, 2.45) is 0 Å². The molecule has 0 fully saturated rings. The van der Waals surface area contributed by atoms with Gasteiger partial charge in [-0.05, 0) is 0 Å². The monoisotopic (exact) mass is 259 g/mol. The second kappa shape index (κ2) is 4.70. The Morgan fingerprint density at radius 3 is 2.35 bits per heavy atom. The Morgan fingerprint density at radius 1 is 1.35 bits per heavy atom. The number of hydrogen-bond donors (Lipinski definition) is 2. The SMILES string of the molecule is OCc1ncc(OC(F)(F)F)c(C(F)F)c1O. The van der Waals surface area contributed by atoms with E-state index in [4.69, 9.17) is 5.11 Å². The molecule has 1 heterocycles. The van der Waals surface area contributed by atoms with Crippen molar-refractivity contribution >= 4 is 0 Å². The van der Waals surface area contributed by atoms with E-state index in [2.05, 4.69) is 9.72 Å². The molecule has 0 aliphatic rings. The van der Waals surface area contributed by atoms with E-state index in [1.165, 1.54) is 0 Å². The fourth-order valence-corrected chi connectivity index (χ4v) is 1.07. The maximum atomic E-state index is 12.5. The van der Waals surface area contributed by atoms with E-state index in [1.807, 2.05) is 0 Å². The van der Waals surface area contributed by atoms with Crippen LogP contribution in [0.5, 0.6) is 11.5 Å². The summed E-state index contributed by atoms with van der Waals surface area (Å²) in [5.74, 6) is -2.52. The van der Waals surface area contributed by atoms with Gasteiger partial charge in [-0.25, -0.2) is 8.78 Å². The van der Waals surface area contributed by atoms with Crippen LogP contribution in [-0.4, -0.2) is 21.6 Å². The number of pyridine rings is 1. The first-order chi connectivity index (χ1) is 7.76. The highest BCUT2D eigenvalue weighted by atomic mass is 19.4. The summed E-state index contributed by atoms with van der Waals surface area (Å²) in [6.07, 6.45) is -8.22. The van der Waals surface area contributed by atoms with Crippen LogP contribution in [-0.2, 0) is 6.61 Å². The highest BCUT2D eigenvalue weighted by Gasteiger charge is 2.35. The van der Waals surface area contributed by atoms with Crippen molar-refractivity contribution < 1.29 is 36.9 Å². The lowest BCUT2D eigenvalue weighted by Crippen LogP contribution is -2.18. The minimum absolute atomic E-state index is 0.361. The van der Waals surface area contributed by atoms with Gasteiger partial charge in [-0.3, -0.25) is 4.98 Å². The highest BCUT2D eigenvalue weighted by molar-refractivity contribution is 5.46. The van der Waals surface area contributed by atoms with Crippen molar-refractivity contribution in [3.05, 3.63) is 17.5 Å². The number of aliphatic hydroxyl groups is 1. The van der Waals surface area contributed by atoms with Crippen LogP contribution in [0.4, 0.5) is 22.0 Å². The van der Waals surface area contributed by atoms with Crippen LogP contribution in [0.1, 0.15) is 17.7 Å². The minimum atomic E-state index is -5.18. The average Bonchev–Trinajstić information content (AvgIpc) is 2.14. The van der Waals surface area contributed by atoms with Crippen molar-refractivity contribution in [2.45, 2.75) is 19.4 Å². The fourth-order valence-electron chi connectivity index (χ4n) is 1.07. The highest BCUT2D eigenvalue weighted by Crippen LogP contribution is 2.39. The Balaban J connectivity index is 3.27. The molecule has 1 rings (SSSR count). The molecule has 0 spiro atoms. The minimum Gasteiger partial charge on any atom is -0.505 e. The van der Waals surface area contributed by atoms with Crippen molar-refractivity contribution in [3.8, 4) is 11.5 Å². The second-order valence-electron chi connectivity index (χ2n) is 2.84. The smallest absolute Gasteiger partial charge is 0.505 e. The molecule has 0 aliphatic heterocycles. The van der Waals surface area contributed by atoms with Gasteiger partial charge in [0.05, 0.1) is 12.8 Å². The van der Waals surface area contributed by atoms with Gasteiger partial charge < -0.3 is 14.9 Å². The van der Waals surface area contributed by atoms with Gasteiger partial charge in [0.2, 0.25) is 0 Å². The number of aliphatic hydroxyl groups excluding tert-OH is 1. The lowest BCUT2D eigenvalue weighted by molar-refractivity contribution is -0.275. The summed E-state index contributed by atoms with van der Waals surface area (Å²) in [6.45, 7) is -0.891. The summed E-state index contributed by atoms with van der Waals surface area (Å²) >= 11 is 0. The third-order valence-electron chi connectivity index (χ3n) is 1.73. The summed E-state index contributed by atoms with van der Waals surface area (Å²) in [6, 6.07) is 0. The van der Waals surface area contributed by atoms with E-state index in [0.717, 1.165) is 0 Å². The molecule has 4 nitrogen and oxygen atoms in total. The molecular weight excluding hydrogens is 253 g/mol. The zero-order valence-corrected chi connectivity index (χ0v) is 8.00. The van der Waals surface area contributed by atoms with Gasteiger partial charge >= 0.3 is 6.36 Å². The summed E-state index contributed by atoms with van der Waals surface area (Å²) in [5.41, 5.74) is -1.92. The molecule has 1 aromatic rings. The Labute approximate surface area is 91.3 Å². The molecular formula is C8H6F5NO3. The molecule has 0 bridgehead atoms. The Bertz CT molecular complexity index is 407. The van der Waals surface area contributed by atoms with Crippen molar-refractivity contribution in [1.29, 1.82) is 0 Å². The van der Waals surface area contributed by atoms with Gasteiger partial charge in [0.15, 0.2) is 11.5 Å². The van der Waals surface area contributed by atoms with Crippen LogP contribution in [0.3, 0.4) is 0 Å². The number of aromatic hydroxyl groups is 1. The van der Waals surface area contributed by atoms with E-state index in [9.17, 15) is 27.1 Å². The van der Waals surface area contributed by atoms with E-state index in [0.29, 0.717) is 6.20 Å². The van der Waals surface area contributed by atoms with Crippen molar-refractivity contribution in [2.75, 3.05) is 0 Å². The third-order valence-corrected chi connectivity index (χ3v) is 1.73. The first kappa shape index (κ1) is 13.4. The molecule has 0 radical (unpaired) electrons. The van der Waals surface area contributed by atoms with E-state index >= 15 is 0 Å². The van der Waals surface area contributed by atoms with Crippen molar-refractivity contribution in [3.63, 3.8) is 0 Å². The molecule has 9 heteroatoms. The Hall–Kier alpha value is -1.64. The zero-order valence-electron chi connectivity index (χ0n) is 8.00. The predicted octanol–water partition coefficient (Wildman–Crippen LogP) is 2.12. The number of nitrogens with zero attached hydrogens (tertiary/aromatic N) is 1. The number of rotatable bonds is 3. The number of halogens is 5. The number of aromatic nitrogens is 1. The van der Waals surface area contributed by atoms with Crippen molar-refractivity contribution in [1.82, 2.24) is 4.98 Å². The maximum absolute atomic E-state index is 12.5. The molecule has 96 valence electrons. The molecule has 0 aromatic carbocycles. The second-order valence-corrected chi connectivity index (χ2v) is 2.84. The molecule has 2 N–H and O–H groups in total. The van der Waals surface area contributed by atoms with Crippen LogP contribution < -0.4 is 4.74 Å². The predicted molar refractivity (Wildman–Crippen MR) is 43.5 cm³/mol. The van der Waals surface area contributed by atoms with E-state index in [1.54, 1.807) is 0 Å². The molecule has 0 saturated heterocycles. The zero-order chi connectivity index (χ0) is 13.2. The Kier molecular flexibility index (Phi) is 3.71. The van der Waals surface area contributed by atoms with Gasteiger partial charge in [0.1, 0.15) is 11.3 Å². The average molecular weight is 259 g/mol. The third kappa shape index (κ3) is 3.16. The molecule has 0 atom stereocenters. The van der Waals surface area contributed by atoms with Gasteiger partial charge in [-0.1, -0.05) is 0 Å². The molecule has 0 unspecified atom stereocenters. The van der Waals surface area contributed by atoms with Crippen LogP contribution in [0, 0.1) is 0 Å². The quantitative estimate of drug-likeness (QED) is 0.816. The standard InChI is InChI=1S/C8H6F5NO3/c9-7(10)5-4(17-8(11,12)13)1-14-3(2-15)6(5)16/h1,7,15-16H,2H2. The lowest BCUT2D eigenvalue weighted by Gasteiger charge is -2.14. The fraction of sp³-hybridized carbons (Fsp3) is 0.375.